The third-order valence-electron chi connectivity index (χ3n) is 2.09. The Morgan fingerprint density at radius 3 is 2.62 bits per heavy atom. The maximum atomic E-state index is 9.66. The molecule has 72 valence electrons. The molecule has 0 aliphatic carbocycles. The maximum absolute atomic E-state index is 9.66. The van der Waals surface area contributed by atoms with E-state index in [4.69, 9.17) is 0 Å². The Morgan fingerprint density at radius 1 is 1.46 bits per heavy atom. The van der Waals surface area contributed by atoms with Crippen LogP contribution in [0, 0.1) is 0 Å². The first-order chi connectivity index (χ1) is 6.00. The second-order valence-electron chi connectivity index (χ2n) is 3.73. The van der Waals surface area contributed by atoms with Crippen molar-refractivity contribution < 1.29 is 5.11 Å². The highest BCUT2D eigenvalue weighted by atomic mass is 16.3. The lowest BCUT2D eigenvalue weighted by molar-refractivity contribution is 0.0648. The van der Waals surface area contributed by atoms with Crippen LogP contribution in [0.3, 0.4) is 0 Å². The van der Waals surface area contributed by atoms with Crippen molar-refractivity contribution in [3.8, 4) is 0 Å². The normalized spacial score (nSPS) is 13.8. The lowest BCUT2D eigenvalue weighted by Crippen LogP contribution is -2.39. The number of rotatable bonds is 3. The summed E-state index contributed by atoms with van der Waals surface area (Å²) < 4.78 is 0. The molecule has 0 amide bonds. The molecule has 0 aliphatic heterocycles. The van der Waals surface area contributed by atoms with Gasteiger partial charge in [-0.25, -0.2) is 4.98 Å². The lowest BCUT2D eigenvalue weighted by atomic mass is 10.0. The average molecular weight is 180 g/mol. The van der Waals surface area contributed by atoms with E-state index in [0.29, 0.717) is 0 Å². The van der Waals surface area contributed by atoms with Gasteiger partial charge in [0.05, 0.1) is 11.6 Å². The lowest BCUT2D eigenvalue weighted by Gasteiger charge is -2.27. The molecule has 2 N–H and O–H groups in total. The fourth-order valence-electron chi connectivity index (χ4n) is 0.847. The van der Waals surface area contributed by atoms with Crippen LogP contribution >= 0.6 is 0 Å². The van der Waals surface area contributed by atoms with Crippen LogP contribution in [0.1, 0.15) is 20.8 Å². The van der Waals surface area contributed by atoms with E-state index in [1.165, 1.54) is 0 Å². The molecule has 3 heteroatoms. The molecule has 0 bridgehead atoms. The Labute approximate surface area is 78.8 Å². The molecule has 0 saturated heterocycles. The molecule has 1 aromatic rings. The van der Waals surface area contributed by atoms with Crippen LogP contribution in [0.25, 0.3) is 0 Å². The highest BCUT2D eigenvalue weighted by molar-refractivity contribution is 5.34. The van der Waals surface area contributed by atoms with Crippen LogP contribution in [0.15, 0.2) is 24.4 Å². The van der Waals surface area contributed by atoms with Gasteiger partial charge >= 0.3 is 0 Å². The van der Waals surface area contributed by atoms with E-state index >= 15 is 0 Å². The van der Waals surface area contributed by atoms with Gasteiger partial charge in [-0.1, -0.05) is 6.07 Å². The predicted molar refractivity (Wildman–Crippen MR) is 53.6 cm³/mol. The first-order valence-corrected chi connectivity index (χ1v) is 4.40. The summed E-state index contributed by atoms with van der Waals surface area (Å²) in [5.41, 5.74) is -0.739. The molecule has 1 atom stereocenters. The Morgan fingerprint density at radius 2 is 2.15 bits per heavy atom. The maximum Gasteiger partial charge on any atom is 0.126 e. The molecule has 0 aromatic carbocycles. The first kappa shape index (κ1) is 9.99. The Hall–Kier alpha value is -1.09. The van der Waals surface area contributed by atoms with E-state index in [-0.39, 0.29) is 6.04 Å². The van der Waals surface area contributed by atoms with E-state index in [2.05, 4.69) is 10.3 Å². The molecule has 1 heterocycles. The van der Waals surface area contributed by atoms with Gasteiger partial charge in [0, 0.05) is 6.20 Å². The van der Waals surface area contributed by atoms with E-state index in [1.807, 2.05) is 25.1 Å². The summed E-state index contributed by atoms with van der Waals surface area (Å²) in [6, 6.07) is 5.62. The van der Waals surface area contributed by atoms with Crippen molar-refractivity contribution in [2.24, 2.45) is 0 Å². The van der Waals surface area contributed by atoms with Crippen LogP contribution in [0.2, 0.25) is 0 Å². The van der Waals surface area contributed by atoms with Crippen molar-refractivity contribution in [3.63, 3.8) is 0 Å². The number of hydrogen-bond donors (Lipinski definition) is 2. The smallest absolute Gasteiger partial charge is 0.126 e. The van der Waals surface area contributed by atoms with E-state index in [1.54, 1.807) is 20.0 Å². The van der Waals surface area contributed by atoms with Crippen molar-refractivity contribution in [2.45, 2.75) is 32.4 Å². The molecule has 0 aliphatic rings. The van der Waals surface area contributed by atoms with Gasteiger partial charge in [-0.05, 0) is 32.9 Å². The highest BCUT2D eigenvalue weighted by Crippen LogP contribution is 2.12. The van der Waals surface area contributed by atoms with Gasteiger partial charge in [-0.2, -0.15) is 0 Å². The summed E-state index contributed by atoms with van der Waals surface area (Å²) in [6.45, 7) is 5.47. The molecule has 1 rings (SSSR count). The molecule has 1 aromatic heterocycles. The Balaban J connectivity index is 2.61. The van der Waals surface area contributed by atoms with Gasteiger partial charge < -0.3 is 10.4 Å². The quantitative estimate of drug-likeness (QED) is 0.743. The number of hydrogen-bond acceptors (Lipinski definition) is 3. The first-order valence-electron chi connectivity index (χ1n) is 4.40. The van der Waals surface area contributed by atoms with E-state index in [0.717, 1.165) is 5.82 Å². The SMILES string of the molecule is C[C@@H](Nc1ccccn1)C(C)(C)O. The molecule has 0 saturated carbocycles. The van der Waals surface area contributed by atoms with Gasteiger partial charge in [0.2, 0.25) is 0 Å². The zero-order valence-electron chi connectivity index (χ0n) is 8.28. The number of anilines is 1. The van der Waals surface area contributed by atoms with Gasteiger partial charge in [-0.15, -0.1) is 0 Å². The van der Waals surface area contributed by atoms with Gasteiger partial charge in [0.1, 0.15) is 5.82 Å². The minimum absolute atomic E-state index is 0.0256. The Bertz CT molecular complexity index is 253. The van der Waals surface area contributed by atoms with Gasteiger partial charge in [0.25, 0.3) is 0 Å². The van der Waals surface area contributed by atoms with Gasteiger partial charge in [-0.3, -0.25) is 0 Å². The standard InChI is InChI=1S/C10H16N2O/c1-8(10(2,3)13)12-9-6-4-5-7-11-9/h4-8,13H,1-3H3,(H,11,12)/t8-/m1/s1. The molecule has 0 unspecified atom stereocenters. The van der Waals surface area contributed by atoms with Crippen LogP contribution in [-0.4, -0.2) is 21.7 Å². The molecule has 0 radical (unpaired) electrons. The number of aliphatic hydroxyl groups is 1. The van der Waals surface area contributed by atoms with Crippen molar-refractivity contribution in [1.29, 1.82) is 0 Å². The summed E-state index contributed by atoms with van der Waals surface area (Å²) in [6.07, 6.45) is 1.72. The third kappa shape index (κ3) is 3.03. The second-order valence-corrected chi connectivity index (χ2v) is 3.73. The third-order valence-corrected chi connectivity index (χ3v) is 2.09. The van der Waals surface area contributed by atoms with Crippen molar-refractivity contribution in [2.75, 3.05) is 5.32 Å². The van der Waals surface area contributed by atoms with Crippen LogP contribution in [-0.2, 0) is 0 Å². The van der Waals surface area contributed by atoms with E-state index in [9.17, 15) is 5.11 Å². The molecular formula is C10H16N2O. The topological polar surface area (TPSA) is 45.2 Å². The number of aromatic nitrogens is 1. The van der Waals surface area contributed by atoms with Crippen molar-refractivity contribution in [1.82, 2.24) is 4.98 Å². The zero-order valence-corrected chi connectivity index (χ0v) is 8.28. The molecular weight excluding hydrogens is 164 g/mol. The minimum Gasteiger partial charge on any atom is -0.388 e. The average Bonchev–Trinajstić information content (AvgIpc) is 2.04. The predicted octanol–water partition coefficient (Wildman–Crippen LogP) is 1.65. The zero-order chi connectivity index (χ0) is 9.90. The molecule has 0 fully saturated rings. The largest absolute Gasteiger partial charge is 0.388 e. The molecule has 13 heavy (non-hydrogen) atoms. The summed E-state index contributed by atoms with van der Waals surface area (Å²) in [7, 11) is 0. The number of pyridine rings is 1. The highest BCUT2D eigenvalue weighted by Gasteiger charge is 2.21. The Kier molecular flexibility index (Phi) is 2.88. The summed E-state index contributed by atoms with van der Waals surface area (Å²) in [5.74, 6) is 0.789. The monoisotopic (exact) mass is 180 g/mol. The fraction of sp³-hybridized carbons (Fsp3) is 0.500. The fourth-order valence-corrected chi connectivity index (χ4v) is 0.847. The molecule has 3 nitrogen and oxygen atoms in total. The van der Waals surface area contributed by atoms with Gasteiger partial charge in [0.15, 0.2) is 0 Å². The van der Waals surface area contributed by atoms with Crippen molar-refractivity contribution >= 4 is 5.82 Å². The minimum atomic E-state index is -0.739. The number of nitrogens with zero attached hydrogens (tertiary/aromatic N) is 1. The summed E-state index contributed by atoms with van der Waals surface area (Å²) in [5, 5.41) is 12.8. The van der Waals surface area contributed by atoms with Crippen molar-refractivity contribution in [3.05, 3.63) is 24.4 Å². The van der Waals surface area contributed by atoms with Crippen LogP contribution in [0.4, 0.5) is 5.82 Å². The van der Waals surface area contributed by atoms with Crippen LogP contribution in [0.5, 0.6) is 0 Å². The second kappa shape index (κ2) is 3.75. The van der Waals surface area contributed by atoms with Crippen LogP contribution < -0.4 is 5.32 Å². The molecule has 0 spiro atoms. The van der Waals surface area contributed by atoms with E-state index < -0.39 is 5.60 Å². The summed E-state index contributed by atoms with van der Waals surface area (Å²) in [4.78, 5) is 4.11. The summed E-state index contributed by atoms with van der Waals surface area (Å²) >= 11 is 0. The number of nitrogens with one attached hydrogen (secondary N) is 1.